The molecule has 3 N–H and O–H groups in total. The van der Waals surface area contributed by atoms with E-state index >= 15 is 0 Å². The number of fused-ring (bicyclic) bond motifs is 3. The van der Waals surface area contributed by atoms with Crippen LogP contribution in [0.15, 0.2) is 47.4 Å². The zero-order valence-corrected chi connectivity index (χ0v) is 16.5. The van der Waals surface area contributed by atoms with Crippen LogP contribution in [0.1, 0.15) is 24.3 Å². The number of benzene rings is 2. The van der Waals surface area contributed by atoms with E-state index in [1.807, 2.05) is 0 Å². The van der Waals surface area contributed by atoms with Gasteiger partial charge >= 0.3 is 5.97 Å². The highest BCUT2D eigenvalue weighted by molar-refractivity contribution is 7.92. The van der Waals surface area contributed by atoms with Gasteiger partial charge in [0.2, 0.25) is 0 Å². The molecule has 0 aromatic heterocycles. The molecule has 0 aliphatic carbocycles. The van der Waals surface area contributed by atoms with Gasteiger partial charge in [-0.05, 0) is 48.9 Å². The summed E-state index contributed by atoms with van der Waals surface area (Å²) in [4.78, 5) is 11.0. The van der Waals surface area contributed by atoms with Crippen LogP contribution in [-0.4, -0.2) is 49.5 Å². The highest BCUT2D eigenvalue weighted by Crippen LogP contribution is 2.47. The first-order chi connectivity index (χ1) is 14.3. The summed E-state index contributed by atoms with van der Waals surface area (Å²) in [5.74, 6) is -1.25. The predicted octanol–water partition coefficient (Wildman–Crippen LogP) is 2.10. The maximum atomic E-state index is 13.1. The van der Waals surface area contributed by atoms with E-state index in [4.69, 9.17) is 14.6 Å². The lowest BCUT2D eigenvalue weighted by molar-refractivity contribution is -0.153. The second kappa shape index (κ2) is 7.86. The minimum Gasteiger partial charge on any atom is -0.487 e. The molecule has 0 radical (unpaired) electrons. The number of carbonyl (C=O) groups is 1. The molecule has 2 aliphatic heterocycles. The summed E-state index contributed by atoms with van der Waals surface area (Å²) in [6.45, 7) is -0.324. The summed E-state index contributed by atoms with van der Waals surface area (Å²) >= 11 is 0. The summed E-state index contributed by atoms with van der Waals surface area (Å²) in [6, 6.07) is 9.27. The number of aliphatic hydroxyl groups is 1. The minimum absolute atomic E-state index is 0.0774. The van der Waals surface area contributed by atoms with Gasteiger partial charge in [-0.15, -0.1) is 0 Å². The highest BCUT2D eigenvalue weighted by Gasteiger charge is 2.46. The maximum absolute atomic E-state index is 13.1. The topological polar surface area (TPSA) is 122 Å². The van der Waals surface area contributed by atoms with E-state index in [0.29, 0.717) is 17.9 Å². The van der Waals surface area contributed by atoms with Crippen LogP contribution in [0, 0.1) is 5.82 Å². The third-order valence-corrected chi connectivity index (χ3v) is 6.67. The summed E-state index contributed by atoms with van der Waals surface area (Å²) in [7, 11) is -3.92. The van der Waals surface area contributed by atoms with Crippen molar-refractivity contribution in [3.8, 4) is 5.75 Å². The Labute approximate surface area is 172 Å². The highest BCUT2D eigenvalue weighted by atomic mass is 32.2. The minimum atomic E-state index is -3.92. The molecule has 2 heterocycles. The molecule has 4 atom stereocenters. The van der Waals surface area contributed by atoms with Gasteiger partial charge in [-0.25, -0.2) is 12.8 Å². The average Bonchev–Trinajstić information content (AvgIpc) is 3.05. The Morgan fingerprint density at radius 2 is 1.93 bits per heavy atom. The van der Waals surface area contributed by atoms with Gasteiger partial charge in [-0.3, -0.25) is 9.52 Å². The molecule has 30 heavy (non-hydrogen) atoms. The van der Waals surface area contributed by atoms with E-state index in [1.54, 1.807) is 18.2 Å². The van der Waals surface area contributed by atoms with Crippen molar-refractivity contribution >= 4 is 21.7 Å². The van der Waals surface area contributed by atoms with Crippen LogP contribution in [0.4, 0.5) is 10.1 Å². The molecule has 0 saturated carbocycles. The van der Waals surface area contributed by atoms with E-state index in [-0.39, 0.29) is 23.8 Å². The fourth-order valence-corrected chi connectivity index (χ4v) is 5.02. The van der Waals surface area contributed by atoms with Crippen LogP contribution in [-0.2, 0) is 19.6 Å². The number of halogens is 1. The van der Waals surface area contributed by atoms with Crippen molar-refractivity contribution in [1.29, 1.82) is 0 Å². The fraction of sp³-hybridized carbons (Fsp3) is 0.350. The molecule has 1 fully saturated rings. The Hall–Kier alpha value is -2.69. The Bertz CT molecular complexity index is 1060. The molecule has 2 aromatic rings. The number of carboxylic acids is 1. The monoisotopic (exact) mass is 437 g/mol. The molecular formula is C20H20FNO7S. The molecule has 0 unspecified atom stereocenters. The van der Waals surface area contributed by atoms with Crippen LogP contribution in [0.5, 0.6) is 5.75 Å². The van der Waals surface area contributed by atoms with E-state index in [2.05, 4.69) is 4.72 Å². The number of anilines is 1. The van der Waals surface area contributed by atoms with E-state index in [1.165, 1.54) is 12.1 Å². The van der Waals surface area contributed by atoms with Crippen molar-refractivity contribution in [2.45, 2.75) is 42.0 Å². The Morgan fingerprint density at radius 3 is 2.60 bits per heavy atom. The van der Waals surface area contributed by atoms with Crippen LogP contribution >= 0.6 is 0 Å². The summed E-state index contributed by atoms with van der Waals surface area (Å²) in [5, 5.41) is 18.7. The number of nitrogens with one attached hydrogen (secondary N) is 1. The van der Waals surface area contributed by atoms with Gasteiger partial charge in [0.15, 0.2) is 0 Å². The molecule has 0 spiro atoms. The molecule has 0 bridgehead atoms. The third kappa shape index (κ3) is 3.98. The van der Waals surface area contributed by atoms with Gasteiger partial charge in [0.1, 0.15) is 23.8 Å². The van der Waals surface area contributed by atoms with E-state index in [0.717, 1.165) is 17.7 Å². The number of carboxylic acid groups (broad SMARTS) is 1. The SMILES string of the molecule is O=C(O)C[C@H]1C[C@H]2c3cc(NS(=O)(=O)c4ccc(F)cc4)ccc3O[C@H]2[C@H](CO)O1. The van der Waals surface area contributed by atoms with Crippen molar-refractivity contribution in [3.63, 3.8) is 0 Å². The molecule has 10 heteroatoms. The number of hydrogen-bond acceptors (Lipinski definition) is 6. The normalized spacial score (nSPS) is 25.1. The van der Waals surface area contributed by atoms with Gasteiger partial charge in [0.25, 0.3) is 10.0 Å². The van der Waals surface area contributed by atoms with Crippen molar-refractivity contribution in [1.82, 2.24) is 0 Å². The smallest absolute Gasteiger partial charge is 0.305 e. The number of aliphatic hydroxyl groups excluding tert-OH is 1. The lowest BCUT2D eigenvalue weighted by Gasteiger charge is -2.36. The molecule has 2 aromatic carbocycles. The molecule has 2 aliphatic rings. The average molecular weight is 437 g/mol. The lowest BCUT2D eigenvalue weighted by atomic mass is 9.84. The Morgan fingerprint density at radius 1 is 1.20 bits per heavy atom. The van der Waals surface area contributed by atoms with E-state index in [9.17, 15) is 22.7 Å². The Balaban J connectivity index is 1.60. The fourth-order valence-electron chi connectivity index (χ4n) is 3.98. The molecular weight excluding hydrogens is 417 g/mol. The Kier molecular flexibility index (Phi) is 5.39. The zero-order chi connectivity index (χ0) is 21.5. The van der Waals surface area contributed by atoms with Crippen LogP contribution in [0.3, 0.4) is 0 Å². The third-order valence-electron chi connectivity index (χ3n) is 5.28. The van der Waals surface area contributed by atoms with Crippen molar-refractivity contribution in [2.24, 2.45) is 0 Å². The summed E-state index contributed by atoms with van der Waals surface area (Å²) < 4.78 is 52.3. The van der Waals surface area contributed by atoms with Crippen LogP contribution in [0.25, 0.3) is 0 Å². The van der Waals surface area contributed by atoms with Gasteiger partial charge in [-0.2, -0.15) is 0 Å². The predicted molar refractivity (Wildman–Crippen MR) is 103 cm³/mol. The first-order valence-electron chi connectivity index (χ1n) is 9.34. The largest absolute Gasteiger partial charge is 0.487 e. The summed E-state index contributed by atoms with van der Waals surface area (Å²) in [5.41, 5.74) is 1.01. The van der Waals surface area contributed by atoms with Crippen molar-refractivity contribution < 1.29 is 37.3 Å². The van der Waals surface area contributed by atoms with E-state index < -0.39 is 40.1 Å². The van der Waals surface area contributed by atoms with Crippen molar-refractivity contribution in [2.75, 3.05) is 11.3 Å². The van der Waals surface area contributed by atoms with Crippen molar-refractivity contribution in [3.05, 3.63) is 53.8 Å². The number of hydrogen-bond donors (Lipinski definition) is 3. The quantitative estimate of drug-likeness (QED) is 0.633. The molecule has 8 nitrogen and oxygen atoms in total. The number of rotatable bonds is 6. The maximum Gasteiger partial charge on any atom is 0.305 e. The van der Waals surface area contributed by atoms with Crippen LogP contribution in [0.2, 0.25) is 0 Å². The number of sulfonamides is 1. The first kappa shape index (κ1) is 20.6. The second-order valence-electron chi connectivity index (χ2n) is 7.31. The standard InChI is InChI=1S/C20H20FNO7S/c21-11-1-4-14(5-2-11)30(26,27)22-12-3-6-17-15(7-12)16-8-13(9-19(24)25)28-18(10-23)20(16)29-17/h1-7,13,16,18,20,22-23H,8-10H2,(H,24,25)/t13-,16+,18+,20-/m1/s1. The van der Waals surface area contributed by atoms with Gasteiger partial charge in [0, 0.05) is 17.2 Å². The second-order valence-corrected chi connectivity index (χ2v) is 9.00. The molecule has 4 rings (SSSR count). The van der Waals surface area contributed by atoms with Gasteiger partial charge in [0.05, 0.1) is 24.0 Å². The first-order valence-corrected chi connectivity index (χ1v) is 10.8. The van der Waals surface area contributed by atoms with Crippen LogP contribution < -0.4 is 9.46 Å². The summed E-state index contributed by atoms with van der Waals surface area (Å²) in [6.07, 6.45) is -1.59. The molecule has 160 valence electrons. The lowest BCUT2D eigenvalue weighted by Crippen LogP contribution is -2.46. The van der Waals surface area contributed by atoms with Gasteiger partial charge < -0.3 is 19.7 Å². The van der Waals surface area contributed by atoms with Gasteiger partial charge in [-0.1, -0.05) is 0 Å². The molecule has 1 saturated heterocycles. The zero-order valence-electron chi connectivity index (χ0n) is 15.7. The molecule has 0 amide bonds. The number of aliphatic carboxylic acids is 1. The number of ether oxygens (including phenoxy) is 2.